The van der Waals surface area contributed by atoms with Crippen LogP contribution in [0, 0.1) is 11.3 Å². The van der Waals surface area contributed by atoms with E-state index in [1.165, 1.54) is 28.0 Å². The summed E-state index contributed by atoms with van der Waals surface area (Å²) in [6.45, 7) is -0.562. The average molecular weight is 414 g/mol. The number of carbonyl (C=O) groups excluding carboxylic acids is 2. The molecule has 0 aliphatic heterocycles. The molecule has 0 spiro atoms. The number of amides is 1. The fraction of sp³-hybridized carbons (Fsp3) is 0.0500. The molecule has 0 unspecified atom stereocenters. The molecule has 2 aromatic heterocycles. The van der Waals surface area contributed by atoms with Crippen LogP contribution in [0.2, 0.25) is 0 Å². The third-order valence-electron chi connectivity index (χ3n) is 4.20. The number of benzene rings is 2. The molecule has 0 saturated heterocycles. The first-order valence-corrected chi connectivity index (χ1v) is 9.00. The van der Waals surface area contributed by atoms with Crippen LogP contribution >= 0.6 is 0 Å². The van der Waals surface area contributed by atoms with Gasteiger partial charge in [0.1, 0.15) is 18.0 Å². The van der Waals surface area contributed by atoms with Gasteiger partial charge in [0.15, 0.2) is 12.4 Å². The normalized spacial score (nSPS) is 10.3. The molecule has 0 radical (unpaired) electrons. The van der Waals surface area contributed by atoms with Gasteiger partial charge in [0.25, 0.3) is 5.91 Å². The molecular weight excluding hydrogens is 400 g/mol. The van der Waals surface area contributed by atoms with Crippen molar-refractivity contribution in [2.24, 2.45) is 0 Å². The van der Waals surface area contributed by atoms with Gasteiger partial charge in [0, 0.05) is 0 Å². The zero-order chi connectivity index (χ0) is 21.6. The van der Waals surface area contributed by atoms with Crippen LogP contribution in [-0.4, -0.2) is 48.5 Å². The first kappa shape index (κ1) is 19.5. The zero-order valence-corrected chi connectivity index (χ0v) is 15.9. The SMILES string of the molecule is N#Cc1cnn(-c2ccccc2)c1NC(=O)COC(=O)c1ccccc1-n1cnnn1. The van der Waals surface area contributed by atoms with Gasteiger partial charge < -0.3 is 10.1 Å². The fourth-order valence-electron chi connectivity index (χ4n) is 2.81. The van der Waals surface area contributed by atoms with Crippen molar-refractivity contribution < 1.29 is 14.3 Å². The summed E-state index contributed by atoms with van der Waals surface area (Å²) in [5.41, 5.74) is 1.43. The Morgan fingerprint density at radius 3 is 2.61 bits per heavy atom. The minimum Gasteiger partial charge on any atom is -0.452 e. The summed E-state index contributed by atoms with van der Waals surface area (Å²) in [6, 6.07) is 17.5. The molecule has 11 nitrogen and oxygen atoms in total. The molecule has 0 bridgehead atoms. The third-order valence-corrected chi connectivity index (χ3v) is 4.20. The third kappa shape index (κ3) is 4.13. The quantitative estimate of drug-likeness (QED) is 0.468. The van der Waals surface area contributed by atoms with E-state index in [0.717, 1.165) is 0 Å². The monoisotopic (exact) mass is 414 g/mol. The molecule has 2 aromatic carbocycles. The Bertz CT molecular complexity index is 1260. The van der Waals surface area contributed by atoms with Crippen molar-refractivity contribution >= 4 is 17.7 Å². The second-order valence-electron chi connectivity index (χ2n) is 6.16. The second-order valence-corrected chi connectivity index (χ2v) is 6.16. The van der Waals surface area contributed by atoms with Crippen LogP contribution in [0.15, 0.2) is 67.1 Å². The van der Waals surface area contributed by atoms with Gasteiger partial charge in [0.05, 0.1) is 23.1 Å². The molecule has 152 valence electrons. The van der Waals surface area contributed by atoms with Gasteiger partial charge in [-0.3, -0.25) is 4.79 Å². The van der Waals surface area contributed by atoms with Gasteiger partial charge in [0.2, 0.25) is 0 Å². The first-order chi connectivity index (χ1) is 15.2. The Balaban J connectivity index is 1.47. The van der Waals surface area contributed by atoms with E-state index in [1.807, 2.05) is 12.1 Å². The van der Waals surface area contributed by atoms with E-state index in [0.29, 0.717) is 11.4 Å². The van der Waals surface area contributed by atoms with E-state index in [9.17, 15) is 14.9 Å². The summed E-state index contributed by atoms with van der Waals surface area (Å²) in [7, 11) is 0. The second kappa shape index (κ2) is 8.66. The fourth-order valence-corrected chi connectivity index (χ4v) is 2.81. The lowest BCUT2D eigenvalue weighted by molar-refractivity contribution is -0.119. The highest BCUT2D eigenvalue weighted by Gasteiger charge is 2.19. The van der Waals surface area contributed by atoms with Crippen LogP contribution in [-0.2, 0) is 9.53 Å². The Morgan fingerprint density at radius 1 is 1.10 bits per heavy atom. The number of esters is 1. The molecule has 1 amide bonds. The smallest absolute Gasteiger partial charge is 0.340 e. The molecular formula is C20H14N8O3. The zero-order valence-electron chi connectivity index (χ0n) is 15.9. The van der Waals surface area contributed by atoms with Crippen molar-refractivity contribution in [3.63, 3.8) is 0 Å². The average Bonchev–Trinajstić information content (AvgIpc) is 3.48. The number of para-hydroxylation sites is 2. The van der Waals surface area contributed by atoms with E-state index < -0.39 is 18.5 Å². The lowest BCUT2D eigenvalue weighted by Gasteiger charge is -2.11. The van der Waals surface area contributed by atoms with Crippen molar-refractivity contribution in [3.8, 4) is 17.4 Å². The molecule has 2 heterocycles. The number of ether oxygens (including phenoxy) is 1. The highest BCUT2D eigenvalue weighted by atomic mass is 16.5. The molecule has 4 aromatic rings. The predicted molar refractivity (Wildman–Crippen MR) is 106 cm³/mol. The highest BCUT2D eigenvalue weighted by Crippen LogP contribution is 2.19. The number of nitriles is 1. The van der Waals surface area contributed by atoms with Crippen molar-refractivity contribution in [1.82, 2.24) is 30.0 Å². The Morgan fingerprint density at radius 2 is 1.87 bits per heavy atom. The molecule has 11 heteroatoms. The molecule has 0 saturated carbocycles. The van der Waals surface area contributed by atoms with Crippen LogP contribution in [0.25, 0.3) is 11.4 Å². The lowest BCUT2D eigenvalue weighted by atomic mass is 10.2. The standard InChI is InChI=1S/C20H14N8O3/c21-10-14-11-23-28(15-6-2-1-3-7-15)19(14)24-18(29)12-31-20(30)16-8-4-5-9-17(16)27-13-22-25-26-27/h1-9,11,13H,12H2,(H,24,29). The maximum atomic E-state index is 12.5. The number of hydrogen-bond donors (Lipinski definition) is 1. The molecule has 1 N–H and O–H groups in total. The van der Waals surface area contributed by atoms with E-state index in [-0.39, 0.29) is 16.9 Å². The summed E-state index contributed by atoms with van der Waals surface area (Å²) < 4.78 is 7.89. The van der Waals surface area contributed by atoms with Gasteiger partial charge >= 0.3 is 5.97 Å². The summed E-state index contributed by atoms with van der Waals surface area (Å²) in [6.07, 6.45) is 2.68. The minimum absolute atomic E-state index is 0.174. The number of carbonyl (C=O) groups is 2. The van der Waals surface area contributed by atoms with Crippen LogP contribution in [0.3, 0.4) is 0 Å². The number of aromatic nitrogens is 6. The van der Waals surface area contributed by atoms with E-state index >= 15 is 0 Å². The van der Waals surface area contributed by atoms with Gasteiger partial charge in [-0.1, -0.05) is 30.3 Å². The maximum absolute atomic E-state index is 12.5. The van der Waals surface area contributed by atoms with Crippen molar-refractivity contribution in [2.45, 2.75) is 0 Å². The van der Waals surface area contributed by atoms with Crippen LogP contribution in [0.4, 0.5) is 5.82 Å². The summed E-state index contributed by atoms with van der Waals surface area (Å²) >= 11 is 0. The van der Waals surface area contributed by atoms with Crippen molar-refractivity contribution in [2.75, 3.05) is 11.9 Å². The molecule has 0 atom stereocenters. The van der Waals surface area contributed by atoms with Gasteiger partial charge in [-0.25, -0.2) is 9.48 Å². The Hall–Kier alpha value is -4.85. The van der Waals surface area contributed by atoms with E-state index in [4.69, 9.17) is 4.74 Å². The maximum Gasteiger partial charge on any atom is 0.340 e. The molecule has 4 rings (SSSR count). The van der Waals surface area contributed by atoms with E-state index in [1.54, 1.807) is 42.5 Å². The molecule has 0 fully saturated rings. The Labute approximate surface area is 175 Å². The lowest BCUT2D eigenvalue weighted by Crippen LogP contribution is -2.23. The highest BCUT2D eigenvalue weighted by molar-refractivity contribution is 5.97. The molecule has 0 aliphatic rings. The molecule has 0 aliphatic carbocycles. The number of anilines is 1. The summed E-state index contributed by atoms with van der Waals surface area (Å²) in [5.74, 6) is -1.16. The van der Waals surface area contributed by atoms with Crippen molar-refractivity contribution in [1.29, 1.82) is 5.26 Å². The Kier molecular flexibility index (Phi) is 5.44. The number of tetrazole rings is 1. The van der Waals surface area contributed by atoms with E-state index in [2.05, 4.69) is 25.9 Å². The summed E-state index contributed by atoms with van der Waals surface area (Å²) in [5, 5.41) is 26.9. The predicted octanol–water partition coefficient (Wildman–Crippen LogP) is 1.52. The van der Waals surface area contributed by atoms with Gasteiger partial charge in [-0.05, 0) is 34.7 Å². The van der Waals surface area contributed by atoms with Crippen LogP contribution in [0.5, 0.6) is 0 Å². The topological polar surface area (TPSA) is 141 Å². The van der Waals surface area contributed by atoms with Gasteiger partial charge in [-0.2, -0.15) is 15.0 Å². The largest absolute Gasteiger partial charge is 0.452 e. The first-order valence-electron chi connectivity index (χ1n) is 9.00. The number of nitrogens with zero attached hydrogens (tertiary/aromatic N) is 7. The number of hydrogen-bond acceptors (Lipinski definition) is 8. The number of rotatable bonds is 6. The van der Waals surface area contributed by atoms with Crippen molar-refractivity contribution in [3.05, 3.63) is 78.2 Å². The minimum atomic E-state index is -0.724. The molecule has 31 heavy (non-hydrogen) atoms. The van der Waals surface area contributed by atoms with Gasteiger partial charge in [-0.15, -0.1) is 5.10 Å². The summed E-state index contributed by atoms with van der Waals surface area (Å²) in [4.78, 5) is 25.0. The number of nitrogens with one attached hydrogen (secondary N) is 1. The van der Waals surface area contributed by atoms with Crippen LogP contribution in [0.1, 0.15) is 15.9 Å². The van der Waals surface area contributed by atoms with Crippen LogP contribution < -0.4 is 5.32 Å².